The molecule has 9 nitrogen and oxygen atoms in total. The van der Waals surface area contributed by atoms with E-state index in [1.54, 1.807) is 38.0 Å². The number of hydrogen-bond donors (Lipinski definition) is 2. The molecule has 186 valence electrons. The number of nitrogens with one attached hydrogen (secondary N) is 2. The standard InChI is InChI=1S/C27H32N8O/c1-6-11-27(2,21-9-7-8-19-20(25(36)28-3)10-12-29-24(19)21)16-32-23-13-22(33-17-34-23)18-14-30-26(31-15-18)35(4)5/h7-10,12-15,17H,6,11,16H2,1-5H3,(H,28,36)(H,32,33,34). The van der Waals surface area contributed by atoms with E-state index in [0.717, 1.165) is 46.4 Å². The highest BCUT2D eigenvalue weighted by molar-refractivity contribution is 6.06. The molecule has 0 aliphatic heterocycles. The number of benzene rings is 1. The van der Waals surface area contributed by atoms with E-state index < -0.39 is 0 Å². The van der Waals surface area contributed by atoms with E-state index in [9.17, 15) is 4.79 Å². The van der Waals surface area contributed by atoms with Crippen LogP contribution in [0.15, 0.2) is 55.2 Å². The van der Waals surface area contributed by atoms with Gasteiger partial charge in [0.15, 0.2) is 0 Å². The second-order valence-corrected chi connectivity index (χ2v) is 9.26. The first-order chi connectivity index (χ1) is 17.4. The Kier molecular flexibility index (Phi) is 7.38. The molecule has 0 saturated heterocycles. The number of nitrogens with zero attached hydrogens (tertiary/aromatic N) is 6. The van der Waals surface area contributed by atoms with Crippen LogP contribution >= 0.6 is 0 Å². The minimum Gasteiger partial charge on any atom is -0.369 e. The molecule has 0 aliphatic rings. The predicted molar refractivity (Wildman–Crippen MR) is 143 cm³/mol. The van der Waals surface area contributed by atoms with Crippen LogP contribution in [0.3, 0.4) is 0 Å². The average Bonchev–Trinajstić information content (AvgIpc) is 2.91. The Morgan fingerprint density at radius 1 is 1.06 bits per heavy atom. The largest absolute Gasteiger partial charge is 0.369 e. The molecule has 4 rings (SSSR count). The summed E-state index contributed by atoms with van der Waals surface area (Å²) in [5.41, 5.74) is 3.89. The van der Waals surface area contributed by atoms with Gasteiger partial charge in [0.1, 0.15) is 12.1 Å². The van der Waals surface area contributed by atoms with Crippen molar-refractivity contribution in [3.63, 3.8) is 0 Å². The fourth-order valence-corrected chi connectivity index (χ4v) is 4.45. The molecule has 0 fully saturated rings. The first kappa shape index (κ1) is 25.0. The number of fused-ring (bicyclic) bond motifs is 1. The van der Waals surface area contributed by atoms with Crippen LogP contribution in [0.25, 0.3) is 22.2 Å². The predicted octanol–water partition coefficient (Wildman–Crippen LogP) is 4.08. The second-order valence-electron chi connectivity index (χ2n) is 9.26. The Bertz CT molecular complexity index is 1360. The monoisotopic (exact) mass is 484 g/mol. The smallest absolute Gasteiger partial charge is 0.251 e. The van der Waals surface area contributed by atoms with Crippen molar-refractivity contribution in [3.8, 4) is 11.3 Å². The van der Waals surface area contributed by atoms with E-state index in [4.69, 9.17) is 0 Å². The van der Waals surface area contributed by atoms with Gasteiger partial charge in [-0.3, -0.25) is 9.78 Å². The Labute approximate surface area is 211 Å². The highest BCUT2D eigenvalue weighted by Crippen LogP contribution is 2.35. The molecular formula is C27H32N8O. The van der Waals surface area contributed by atoms with E-state index in [2.05, 4.69) is 55.5 Å². The second kappa shape index (κ2) is 10.6. The van der Waals surface area contributed by atoms with Crippen LogP contribution in [-0.4, -0.2) is 58.5 Å². The van der Waals surface area contributed by atoms with Crippen LogP contribution < -0.4 is 15.5 Å². The van der Waals surface area contributed by atoms with E-state index in [0.29, 0.717) is 18.1 Å². The molecule has 0 bridgehead atoms. The summed E-state index contributed by atoms with van der Waals surface area (Å²) >= 11 is 0. The van der Waals surface area contributed by atoms with E-state index >= 15 is 0 Å². The molecule has 0 spiro atoms. The quantitative estimate of drug-likeness (QED) is 0.366. The number of carbonyl (C=O) groups is 1. The lowest BCUT2D eigenvalue weighted by Gasteiger charge is -2.31. The zero-order valence-corrected chi connectivity index (χ0v) is 21.4. The van der Waals surface area contributed by atoms with Gasteiger partial charge in [0.2, 0.25) is 5.95 Å². The Balaban J connectivity index is 1.63. The van der Waals surface area contributed by atoms with Crippen molar-refractivity contribution in [2.45, 2.75) is 32.1 Å². The highest BCUT2D eigenvalue weighted by Gasteiger charge is 2.29. The van der Waals surface area contributed by atoms with Crippen LogP contribution in [-0.2, 0) is 5.41 Å². The zero-order chi connectivity index (χ0) is 25.7. The minimum absolute atomic E-state index is 0.119. The lowest BCUT2D eigenvalue weighted by atomic mass is 9.77. The summed E-state index contributed by atoms with van der Waals surface area (Å²) < 4.78 is 0. The number of amides is 1. The maximum absolute atomic E-state index is 12.4. The molecule has 2 N–H and O–H groups in total. The van der Waals surface area contributed by atoms with Crippen molar-refractivity contribution < 1.29 is 4.79 Å². The summed E-state index contributed by atoms with van der Waals surface area (Å²) in [5, 5.41) is 7.09. The number of para-hydroxylation sites is 1. The van der Waals surface area contributed by atoms with Gasteiger partial charge in [-0.05, 0) is 18.1 Å². The maximum atomic E-state index is 12.4. The van der Waals surface area contributed by atoms with E-state index in [1.165, 1.54) is 0 Å². The molecule has 3 heterocycles. The number of aromatic nitrogens is 5. The highest BCUT2D eigenvalue weighted by atomic mass is 16.1. The van der Waals surface area contributed by atoms with Crippen molar-refractivity contribution in [2.75, 3.05) is 37.9 Å². The first-order valence-electron chi connectivity index (χ1n) is 12.0. The van der Waals surface area contributed by atoms with E-state index in [-0.39, 0.29) is 11.3 Å². The van der Waals surface area contributed by atoms with Crippen molar-refractivity contribution in [2.24, 2.45) is 0 Å². The lowest BCUT2D eigenvalue weighted by Crippen LogP contribution is -2.32. The van der Waals surface area contributed by atoms with Crippen molar-refractivity contribution in [1.29, 1.82) is 0 Å². The van der Waals surface area contributed by atoms with Crippen LogP contribution in [0, 0.1) is 0 Å². The van der Waals surface area contributed by atoms with Gasteiger partial charge in [-0.2, -0.15) is 0 Å². The lowest BCUT2D eigenvalue weighted by molar-refractivity contribution is 0.0964. The Morgan fingerprint density at radius 3 is 2.53 bits per heavy atom. The average molecular weight is 485 g/mol. The number of anilines is 2. The van der Waals surface area contributed by atoms with Gasteiger partial charge in [-0.1, -0.05) is 38.5 Å². The summed E-state index contributed by atoms with van der Waals surface area (Å²) in [4.78, 5) is 36.6. The maximum Gasteiger partial charge on any atom is 0.251 e. The Morgan fingerprint density at radius 2 is 1.83 bits per heavy atom. The molecule has 1 amide bonds. The fraction of sp³-hybridized carbons (Fsp3) is 0.333. The summed E-state index contributed by atoms with van der Waals surface area (Å²) in [7, 11) is 5.45. The molecular weight excluding hydrogens is 452 g/mol. The molecule has 36 heavy (non-hydrogen) atoms. The molecule has 0 saturated carbocycles. The van der Waals surface area contributed by atoms with Gasteiger partial charge >= 0.3 is 0 Å². The zero-order valence-electron chi connectivity index (χ0n) is 21.4. The molecule has 3 aromatic heterocycles. The van der Waals surface area contributed by atoms with Gasteiger partial charge in [0.25, 0.3) is 5.91 Å². The van der Waals surface area contributed by atoms with E-state index in [1.807, 2.05) is 37.2 Å². The minimum atomic E-state index is -0.246. The van der Waals surface area contributed by atoms with Crippen LogP contribution in [0.4, 0.5) is 11.8 Å². The normalized spacial score (nSPS) is 12.7. The Hall–Kier alpha value is -4.14. The molecule has 9 heteroatoms. The van der Waals surface area contributed by atoms with Gasteiger partial charge in [0.05, 0.1) is 16.8 Å². The number of pyridine rings is 1. The molecule has 1 aromatic carbocycles. The third-order valence-electron chi connectivity index (χ3n) is 6.36. The summed E-state index contributed by atoms with van der Waals surface area (Å²) in [6.07, 6.45) is 8.71. The van der Waals surface area contributed by atoms with Crippen molar-refractivity contribution in [3.05, 3.63) is 66.4 Å². The SMILES string of the molecule is CCCC(C)(CNc1cc(-c2cnc(N(C)C)nc2)ncn1)c1cccc2c(C(=O)NC)ccnc12. The molecule has 4 aromatic rings. The van der Waals surface area contributed by atoms with Crippen LogP contribution in [0.2, 0.25) is 0 Å². The third-order valence-corrected chi connectivity index (χ3v) is 6.36. The molecule has 0 radical (unpaired) electrons. The van der Waals surface area contributed by atoms with Crippen LogP contribution in [0.1, 0.15) is 42.6 Å². The first-order valence-corrected chi connectivity index (χ1v) is 12.0. The molecule has 0 aliphatic carbocycles. The summed E-state index contributed by atoms with van der Waals surface area (Å²) in [5.74, 6) is 1.24. The van der Waals surface area contributed by atoms with Gasteiger partial charge in [-0.15, -0.1) is 0 Å². The van der Waals surface area contributed by atoms with Gasteiger partial charge < -0.3 is 15.5 Å². The topological polar surface area (TPSA) is 109 Å². The number of hydrogen-bond acceptors (Lipinski definition) is 8. The molecule has 1 unspecified atom stereocenters. The fourth-order valence-electron chi connectivity index (χ4n) is 4.45. The summed E-state index contributed by atoms with van der Waals surface area (Å²) in [6, 6.07) is 9.73. The number of rotatable bonds is 9. The van der Waals surface area contributed by atoms with Crippen LogP contribution in [0.5, 0.6) is 0 Å². The van der Waals surface area contributed by atoms with Gasteiger partial charge in [0, 0.05) is 68.7 Å². The third kappa shape index (κ3) is 5.10. The molecule has 1 atom stereocenters. The summed E-state index contributed by atoms with van der Waals surface area (Å²) in [6.45, 7) is 5.04. The van der Waals surface area contributed by atoms with Crippen molar-refractivity contribution >= 4 is 28.6 Å². The number of carbonyl (C=O) groups excluding carboxylic acids is 1. The van der Waals surface area contributed by atoms with Gasteiger partial charge in [-0.25, -0.2) is 19.9 Å². The van der Waals surface area contributed by atoms with Crippen molar-refractivity contribution in [1.82, 2.24) is 30.2 Å².